The lowest BCUT2D eigenvalue weighted by Crippen LogP contribution is -2.22. The molecule has 0 aliphatic heterocycles. The molecule has 0 aliphatic carbocycles. The number of hydrogen-bond donors (Lipinski definition) is 3. The Kier molecular flexibility index (Phi) is 15.0. The molecule has 6 nitrogen and oxygen atoms in total. The maximum absolute atomic E-state index is 10.5. The number of nitrogens with one attached hydrogen (secondary N) is 2. The molecule has 2 amide bonds. The van der Waals surface area contributed by atoms with Gasteiger partial charge in [-0.05, 0) is 18.6 Å². The molecule has 0 saturated carbocycles. The van der Waals surface area contributed by atoms with Crippen molar-refractivity contribution in [1.29, 1.82) is 0 Å². The number of hydrogen-bond acceptors (Lipinski definition) is 4. The first kappa shape index (κ1) is 17.7. The Morgan fingerprint density at radius 2 is 1.76 bits per heavy atom. The van der Waals surface area contributed by atoms with Crippen LogP contribution in [0.4, 0.5) is 0 Å². The maximum atomic E-state index is 10.5. The third kappa shape index (κ3) is 17.0. The Morgan fingerprint density at radius 1 is 1.24 bits per heavy atom. The zero-order valence-electron chi connectivity index (χ0n) is 10.1. The molecule has 98 valence electrons. The Labute approximate surface area is 101 Å². The molecule has 3 N–H and O–H groups in total. The first-order valence-electron chi connectivity index (χ1n) is 5.02. The molecular weight excluding hydrogens is 224 g/mol. The number of amides is 2. The van der Waals surface area contributed by atoms with Gasteiger partial charge in [0.2, 0.25) is 11.8 Å². The standard InChI is InChI=1S/C7H13NO2.C4H7NO2/c1-3-7(9)8-5-4-6-10-2;1-2-4(7)5-3-6/h3H,1,4-6H2,2H3,(H,8,9);2,6H,1,3H2,(H,5,7). The van der Waals surface area contributed by atoms with Gasteiger partial charge in [-0.3, -0.25) is 9.59 Å². The van der Waals surface area contributed by atoms with E-state index in [1.54, 1.807) is 7.11 Å². The quantitative estimate of drug-likeness (QED) is 0.322. The van der Waals surface area contributed by atoms with E-state index in [2.05, 4.69) is 23.8 Å². The summed E-state index contributed by atoms with van der Waals surface area (Å²) < 4.78 is 4.78. The van der Waals surface area contributed by atoms with Crippen LogP contribution in [0, 0.1) is 0 Å². The van der Waals surface area contributed by atoms with Gasteiger partial charge in [0.1, 0.15) is 6.73 Å². The number of ether oxygens (including phenoxy) is 1. The zero-order chi connectivity index (χ0) is 13.5. The number of methoxy groups -OCH3 is 1. The second kappa shape index (κ2) is 14.3. The highest BCUT2D eigenvalue weighted by atomic mass is 16.5. The summed E-state index contributed by atoms with van der Waals surface area (Å²) in [6.07, 6.45) is 3.19. The summed E-state index contributed by atoms with van der Waals surface area (Å²) >= 11 is 0. The van der Waals surface area contributed by atoms with E-state index >= 15 is 0 Å². The van der Waals surface area contributed by atoms with Gasteiger partial charge in [-0.1, -0.05) is 13.2 Å². The molecule has 0 spiro atoms. The molecule has 0 bridgehead atoms. The molecule has 6 heteroatoms. The van der Waals surface area contributed by atoms with Crippen molar-refractivity contribution in [2.75, 3.05) is 27.0 Å². The molecule has 0 saturated heterocycles. The highest BCUT2D eigenvalue weighted by molar-refractivity contribution is 5.87. The Balaban J connectivity index is 0. The van der Waals surface area contributed by atoms with E-state index in [9.17, 15) is 9.59 Å². The van der Waals surface area contributed by atoms with Crippen LogP contribution in [0.25, 0.3) is 0 Å². The molecule has 0 aromatic heterocycles. The number of carbonyl (C=O) groups excluding carboxylic acids is 2. The van der Waals surface area contributed by atoms with E-state index < -0.39 is 0 Å². The van der Waals surface area contributed by atoms with E-state index in [1.165, 1.54) is 6.08 Å². The lowest BCUT2D eigenvalue weighted by Gasteiger charge is -1.99. The molecule has 0 rings (SSSR count). The minimum atomic E-state index is -0.359. The van der Waals surface area contributed by atoms with Crippen LogP contribution >= 0.6 is 0 Å². The van der Waals surface area contributed by atoms with Crippen LogP contribution in [0.1, 0.15) is 6.42 Å². The van der Waals surface area contributed by atoms with Crippen LogP contribution in [0.15, 0.2) is 25.3 Å². The second-order valence-corrected chi connectivity index (χ2v) is 2.74. The van der Waals surface area contributed by atoms with Gasteiger partial charge in [0, 0.05) is 20.3 Å². The predicted molar refractivity (Wildman–Crippen MR) is 65.1 cm³/mol. The molecule has 0 atom stereocenters. The number of rotatable bonds is 7. The Morgan fingerprint density at radius 3 is 2.12 bits per heavy atom. The number of carbonyl (C=O) groups is 2. The third-order valence-electron chi connectivity index (χ3n) is 1.45. The summed E-state index contributed by atoms with van der Waals surface area (Å²) in [4.78, 5) is 20.5. The molecule has 0 fully saturated rings. The molecule has 17 heavy (non-hydrogen) atoms. The van der Waals surface area contributed by atoms with E-state index in [1.807, 2.05) is 0 Å². The fourth-order valence-corrected chi connectivity index (χ4v) is 0.650. The molecule has 0 radical (unpaired) electrons. The van der Waals surface area contributed by atoms with Crippen molar-refractivity contribution in [1.82, 2.24) is 10.6 Å². The first-order chi connectivity index (χ1) is 8.12. The largest absolute Gasteiger partial charge is 0.385 e. The van der Waals surface area contributed by atoms with Crippen molar-refractivity contribution in [3.8, 4) is 0 Å². The van der Waals surface area contributed by atoms with Gasteiger partial charge in [-0.25, -0.2) is 0 Å². The van der Waals surface area contributed by atoms with Crippen LogP contribution in [0.2, 0.25) is 0 Å². The van der Waals surface area contributed by atoms with Crippen molar-refractivity contribution in [2.45, 2.75) is 6.42 Å². The normalized spacial score (nSPS) is 8.35. The SMILES string of the molecule is C=CC(=O)NCCCOC.C=CC(=O)NCO. The predicted octanol–water partition coefficient (Wildman–Crippen LogP) is -0.436. The minimum Gasteiger partial charge on any atom is -0.385 e. The molecule has 0 unspecified atom stereocenters. The molecular formula is C11H20N2O4. The van der Waals surface area contributed by atoms with Gasteiger partial charge in [-0.2, -0.15) is 0 Å². The monoisotopic (exact) mass is 244 g/mol. The summed E-state index contributed by atoms with van der Waals surface area (Å²) in [5.74, 6) is -0.487. The molecule has 0 aromatic carbocycles. The second-order valence-electron chi connectivity index (χ2n) is 2.74. The van der Waals surface area contributed by atoms with E-state index in [0.29, 0.717) is 13.2 Å². The lowest BCUT2D eigenvalue weighted by molar-refractivity contribution is -0.118. The van der Waals surface area contributed by atoms with Gasteiger partial charge < -0.3 is 20.5 Å². The topological polar surface area (TPSA) is 87.7 Å². The van der Waals surface area contributed by atoms with Crippen LogP contribution in [0.3, 0.4) is 0 Å². The average molecular weight is 244 g/mol. The van der Waals surface area contributed by atoms with Gasteiger partial charge in [-0.15, -0.1) is 0 Å². The van der Waals surface area contributed by atoms with E-state index in [4.69, 9.17) is 9.84 Å². The van der Waals surface area contributed by atoms with Crippen molar-refractivity contribution in [3.63, 3.8) is 0 Å². The maximum Gasteiger partial charge on any atom is 0.245 e. The van der Waals surface area contributed by atoms with Crippen molar-refractivity contribution >= 4 is 11.8 Å². The van der Waals surface area contributed by atoms with Crippen molar-refractivity contribution < 1.29 is 19.4 Å². The fourth-order valence-electron chi connectivity index (χ4n) is 0.650. The molecule has 0 aliphatic rings. The smallest absolute Gasteiger partial charge is 0.245 e. The van der Waals surface area contributed by atoms with Crippen molar-refractivity contribution in [2.24, 2.45) is 0 Å². The van der Waals surface area contributed by atoms with Crippen LogP contribution in [-0.2, 0) is 14.3 Å². The van der Waals surface area contributed by atoms with Gasteiger partial charge >= 0.3 is 0 Å². The van der Waals surface area contributed by atoms with Crippen LogP contribution in [-0.4, -0.2) is 43.9 Å². The number of aliphatic hydroxyl groups excluding tert-OH is 1. The van der Waals surface area contributed by atoms with Crippen LogP contribution in [0.5, 0.6) is 0 Å². The average Bonchev–Trinajstić information content (AvgIpc) is 2.35. The highest BCUT2D eigenvalue weighted by Gasteiger charge is 1.90. The fraction of sp³-hybridized carbons (Fsp3) is 0.455. The van der Waals surface area contributed by atoms with Crippen LogP contribution < -0.4 is 10.6 Å². The van der Waals surface area contributed by atoms with Gasteiger partial charge in [0.05, 0.1) is 0 Å². The molecule has 0 heterocycles. The van der Waals surface area contributed by atoms with E-state index in [0.717, 1.165) is 12.5 Å². The summed E-state index contributed by atoms with van der Waals surface area (Å²) in [7, 11) is 1.63. The highest BCUT2D eigenvalue weighted by Crippen LogP contribution is 1.76. The summed E-state index contributed by atoms with van der Waals surface area (Å²) in [6.45, 7) is 7.47. The lowest BCUT2D eigenvalue weighted by atomic mass is 10.4. The minimum absolute atomic E-state index is 0.129. The first-order valence-corrected chi connectivity index (χ1v) is 5.02. The third-order valence-corrected chi connectivity index (χ3v) is 1.45. The zero-order valence-corrected chi connectivity index (χ0v) is 10.1. The summed E-state index contributed by atoms with van der Waals surface area (Å²) in [5.41, 5.74) is 0. The molecule has 0 aromatic rings. The van der Waals surface area contributed by atoms with E-state index in [-0.39, 0.29) is 18.5 Å². The number of aliphatic hydroxyl groups is 1. The Hall–Kier alpha value is -1.66. The van der Waals surface area contributed by atoms with Crippen molar-refractivity contribution in [3.05, 3.63) is 25.3 Å². The summed E-state index contributed by atoms with van der Waals surface area (Å²) in [6, 6.07) is 0. The van der Waals surface area contributed by atoms with Gasteiger partial charge in [0.15, 0.2) is 0 Å². The Bertz CT molecular complexity index is 242. The van der Waals surface area contributed by atoms with Gasteiger partial charge in [0.25, 0.3) is 0 Å². The summed E-state index contributed by atoms with van der Waals surface area (Å²) in [5, 5.41) is 12.7.